The van der Waals surface area contributed by atoms with Crippen LogP contribution in [-0.2, 0) is 4.74 Å². The maximum Gasteiger partial charge on any atom is 0.321 e. The van der Waals surface area contributed by atoms with Crippen molar-refractivity contribution in [1.29, 1.82) is 0 Å². The van der Waals surface area contributed by atoms with Crippen molar-refractivity contribution in [2.45, 2.75) is 19.4 Å². The molecule has 7 nitrogen and oxygen atoms in total. The van der Waals surface area contributed by atoms with Crippen LogP contribution in [0.2, 0.25) is 0 Å². The number of carbonyl (C=O) groups excluding carboxylic acids is 1. The zero-order valence-electron chi connectivity index (χ0n) is 15.4. The van der Waals surface area contributed by atoms with E-state index in [9.17, 15) is 4.79 Å². The molecule has 25 heavy (non-hydrogen) atoms. The summed E-state index contributed by atoms with van der Waals surface area (Å²) in [6.07, 6.45) is 2.74. The normalized spacial score (nSPS) is 24.8. The number of nitrogens with zero attached hydrogens (tertiary/aromatic N) is 4. The van der Waals surface area contributed by atoms with E-state index in [0.29, 0.717) is 5.92 Å². The van der Waals surface area contributed by atoms with E-state index in [1.165, 1.54) is 0 Å². The van der Waals surface area contributed by atoms with Gasteiger partial charge in [-0.15, -0.1) is 0 Å². The van der Waals surface area contributed by atoms with Gasteiger partial charge < -0.3 is 24.8 Å². The second-order valence-electron chi connectivity index (χ2n) is 7.14. The topological polar surface area (TPSA) is 60.9 Å². The van der Waals surface area contributed by atoms with Crippen molar-refractivity contribution in [1.82, 2.24) is 14.8 Å². The van der Waals surface area contributed by atoms with Crippen LogP contribution in [0.1, 0.15) is 13.3 Å². The number of anilines is 2. The molecule has 1 aromatic heterocycles. The quantitative estimate of drug-likeness (QED) is 0.902. The Morgan fingerprint density at radius 1 is 1.32 bits per heavy atom. The molecular formula is C18H29N5O2. The number of piperidine rings is 1. The monoisotopic (exact) mass is 347 g/mol. The number of urea groups is 1. The molecule has 0 aromatic carbocycles. The Morgan fingerprint density at radius 3 is 2.72 bits per heavy atom. The number of nitrogens with one attached hydrogen (secondary N) is 1. The molecular weight excluding hydrogens is 318 g/mol. The van der Waals surface area contributed by atoms with Gasteiger partial charge in [0.05, 0.1) is 25.1 Å². The molecule has 0 aliphatic carbocycles. The Morgan fingerprint density at radius 2 is 2.08 bits per heavy atom. The van der Waals surface area contributed by atoms with Gasteiger partial charge in [-0.25, -0.2) is 9.78 Å². The second kappa shape index (κ2) is 8.01. The summed E-state index contributed by atoms with van der Waals surface area (Å²) in [6, 6.07) is 4.08. The third-order valence-corrected chi connectivity index (χ3v) is 5.22. The van der Waals surface area contributed by atoms with Gasteiger partial charge in [-0.3, -0.25) is 0 Å². The fourth-order valence-corrected chi connectivity index (χ4v) is 3.72. The zero-order chi connectivity index (χ0) is 17.8. The lowest BCUT2D eigenvalue weighted by molar-refractivity contribution is 0.113. The Kier molecular flexibility index (Phi) is 5.75. The van der Waals surface area contributed by atoms with E-state index in [4.69, 9.17) is 4.74 Å². The molecule has 0 bridgehead atoms. The van der Waals surface area contributed by atoms with Crippen LogP contribution in [-0.4, -0.2) is 80.3 Å². The first-order chi connectivity index (χ1) is 12.0. The SMILES string of the molecule is C[C@@H]1CN(C)CC[C@H]1N(C)C(=O)Nc1ccc(N2CCOCC2)nc1. The molecule has 0 spiro atoms. The number of rotatable bonds is 3. The lowest BCUT2D eigenvalue weighted by Crippen LogP contribution is -2.50. The Balaban J connectivity index is 1.56. The standard InChI is InChI=1S/C18H29N5O2/c1-14-13-21(2)7-6-16(14)22(3)18(24)20-15-4-5-17(19-12-15)23-8-10-25-11-9-23/h4-5,12,14,16H,6-11,13H2,1-3H3,(H,20,24)/t14-,16-/m1/s1. The van der Waals surface area contributed by atoms with Crippen molar-refractivity contribution >= 4 is 17.5 Å². The average molecular weight is 347 g/mol. The minimum absolute atomic E-state index is 0.0673. The number of hydrogen-bond acceptors (Lipinski definition) is 5. The van der Waals surface area contributed by atoms with Gasteiger partial charge in [0.1, 0.15) is 5.82 Å². The summed E-state index contributed by atoms with van der Waals surface area (Å²) in [6.45, 7) is 7.45. The van der Waals surface area contributed by atoms with Gasteiger partial charge in [0.2, 0.25) is 0 Å². The summed E-state index contributed by atoms with van der Waals surface area (Å²) in [4.78, 5) is 23.4. The number of carbonyl (C=O) groups is 1. The van der Waals surface area contributed by atoms with Crippen LogP contribution in [0.25, 0.3) is 0 Å². The first-order valence-corrected chi connectivity index (χ1v) is 9.05. The molecule has 0 saturated carbocycles. The van der Waals surface area contributed by atoms with Gasteiger partial charge >= 0.3 is 6.03 Å². The number of morpholine rings is 1. The number of pyridine rings is 1. The molecule has 2 amide bonds. The van der Waals surface area contributed by atoms with E-state index < -0.39 is 0 Å². The van der Waals surface area contributed by atoms with Gasteiger partial charge in [0, 0.05) is 32.7 Å². The highest BCUT2D eigenvalue weighted by atomic mass is 16.5. The highest BCUT2D eigenvalue weighted by Gasteiger charge is 2.30. The van der Waals surface area contributed by atoms with Crippen molar-refractivity contribution in [3.63, 3.8) is 0 Å². The van der Waals surface area contributed by atoms with E-state index in [1.807, 2.05) is 24.1 Å². The largest absolute Gasteiger partial charge is 0.378 e. The van der Waals surface area contributed by atoms with Crippen LogP contribution in [0.15, 0.2) is 18.3 Å². The third-order valence-electron chi connectivity index (χ3n) is 5.22. The summed E-state index contributed by atoms with van der Waals surface area (Å²) < 4.78 is 5.36. The molecule has 3 rings (SSSR count). The Bertz CT molecular complexity index is 573. The molecule has 0 radical (unpaired) electrons. The molecule has 2 atom stereocenters. The smallest absolute Gasteiger partial charge is 0.321 e. The number of amides is 2. The summed E-state index contributed by atoms with van der Waals surface area (Å²) in [5.41, 5.74) is 0.731. The molecule has 2 aliphatic heterocycles. The van der Waals surface area contributed by atoms with E-state index >= 15 is 0 Å². The van der Waals surface area contributed by atoms with Gasteiger partial charge in [0.15, 0.2) is 0 Å². The molecule has 7 heteroatoms. The van der Waals surface area contributed by atoms with Crippen LogP contribution in [0, 0.1) is 5.92 Å². The molecule has 2 fully saturated rings. The van der Waals surface area contributed by atoms with Crippen LogP contribution in [0.3, 0.4) is 0 Å². The molecule has 2 saturated heterocycles. The van der Waals surface area contributed by atoms with Gasteiger partial charge in [-0.05, 0) is 38.1 Å². The maximum atomic E-state index is 12.6. The van der Waals surface area contributed by atoms with E-state index in [1.54, 1.807) is 6.20 Å². The van der Waals surface area contributed by atoms with Crippen molar-refractivity contribution < 1.29 is 9.53 Å². The number of aromatic nitrogens is 1. The van der Waals surface area contributed by atoms with Crippen LogP contribution < -0.4 is 10.2 Å². The highest BCUT2D eigenvalue weighted by molar-refractivity contribution is 5.89. The Hall–Kier alpha value is -1.86. The molecule has 0 unspecified atom stereocenters. The van der Waals surface area contributed by atoms with Crippen molar-refractivity contribution in [3.8, 4) is 0 Å². The molecule has 3 heterocycles. The van der Waals surface area contributed by atoms with Gasteiger partial charge in [-0.1, -0.05) is 6.92 Å². The highest BCUT2D eigenvalue weighted by Crippen LogP contribution is 2.21. The first-order valence-electron chi connectivity index (χ1n) is 9.05. The van der Waals surface area contributed by atoms with Crippen molar-refractivity contribution in [3.05, 3.63) is 18.3 Å². The van der Waals surface area contributed by atoms with E-state index in [2.05, 4.69) is 34.1 Å². The van der Waals surface area contributed by atoms with Crippen LogP contribution >= 0.6 is 0 Å². The predicted octanol–water partition coefficient (Wildman–Crippen LogP) is 1.72. The van der Waals surface area contributed by atoms with Crippen molar-refractivity contribution in [2.24, 2.45) is 5.92 Å². The molecule has 1 aromatic rings. The van der Waals surface area contributed by atoms with Crippen LogP contribution in [0.5, 0.6) is 0 Å². The zero-order valence-corrected chi connectivity index (χ0v) is 15.4. The predicted molar refractivity (Wildman–Crippen MR) is 99.1 cm³/mol. The summed E-state index contributed by atoms with van der Waals surface area (Å²) >= 11 is 0. The van der Waals surface area contributed by atoms with Crippen LogP contribution in [0.4, 0.5) is 16.3 Å². The lowest BCUT2D eigenvalue weighted by atomic mass is 9.93. The maximum absolute atomic E-state index is 12.6. The minimum Gasteiger partial charge on any atom is -0.378 e. The van der Waals surface area contributed by atoms with Gasteiger partial charge in [0.25, 0.3) is 0 Å². The number of ether oxygens (including phenoxy) is 1. The summed E-state index contributed by atoms with van der Waals surface area (Å²) in [5, 5.41) is 2.97. The number of hydrogen-bond donors (Lipinski definition) is 1. The second-order valence-corrected chi connectivity index (χ2v) is 7.14. The lowest BCUT2D eigenvalue weighted by Gasteiger charge is -2.39. The first kappa shape index (κ1) is 17.9. The summed E-state index contributed by atoms with van der Waals surface area (Å²) in [5.74, 6) is 1.40. The summed E-state index contributed by atoms with van der Waals surface area (Å²) in [7, 11) is 4.02. The van der Waals surface area contributed by atoms with Crippen molar-refractivity contribution in [2.75, 3.05) is 63.7 Å². The molecule has 2 aliphatic rings. The van der Waals surface area contributed by atoms with E-state index in [0.717, 1.165) is 57.3 Å². The molecule has 138 valence electrons. The van der Waals surface area contributed by atoms with Gasteiger partial charge in [-0.2, -0.15) is 0 Å². The minimum atomic E-state index is -0.0673. The Labute approximate surface area is 149 Å². The molecule has 1 N–H and O–H groups in total. The fraction of sp³-hybridized carbons (Fsp3) is 0.667. The van der Waals surface area contributed by atoms with E-state index in [-0.39, 0.29) is 12.1 Å². The fourth-order valence-electron chi connectivity index (χ4n) is 3.72. The average Bonchev–Trinajstić information content (AvgIpc) is 2.62. The number of likely N-dealkylation sites (tertiary alicyclic amines) is 1. The third kappa shape index (κ3) is 4.41.